The molecule has 8 heterocycles. The van der Waals surface area contributed by atoms with Gasteiger partial charge in [0, 0.05) is 80.7 Å². The minimum atomic E-state index is -3.82. The molecular weight excluding hydrogens is 997 g/mol. The summed E-state index contributed by atoms with van der Waals surface area (Å²) in [6, 6.07) is 2.95. The molecule has 2 atom stereocenters. The van der Waals surface area contributed by atoms with E-state index in [0.717, 1.165) is 37.3 Å². The van der Waals surface area contributed by atoms with Gasteiger partial charge in [-0.1, -0.05) is 40.5 Å². The summed E-state index contributed by atoms with van der Waals surface area (Å²) in [5.41, 5.74) is 2.78. The topological polar surface area (TPSA) is 271 Å². The highest BCUT2D eigenvalue weighted by Crippen LogP contribution is 2.33. The molecule has 0 aliphatic carbocycles. The summed E-state index contributed by atoms with van der Waals surface area (Å²) in [6.07, 6.45) is 4.92. The first-order valence-corrected chi connectivity index (χ1v) is 27.9. The first-order chi connectivity index (χ1) is 35.4. The number of ether oxygens (including phenoxy) is 4. The van der Waals surface area contributed by atoms with E-state index in [9.17, 15) is 26.4 Å². The van der Waals surface area contributed by atoms with Crippen LogP contribution in [0.5, 0.6) is 11.8 Å². The van der Waals surface area contributed by atoms with Crippen LogP contribution >= 0.6 is 0 Å². The summed E-state index contributed by atoms with van der Waals surface area (Å²) >= 11 is 0. The molecule has 74 heavy (non-hydrogen) atoms. The van der Waals surface area contributed by atoms with Gasteiger partial charge in [-0.15, -0.1) is 0 Å². The van der Waals surface area contributed by atoms with E-state index in [4.69, 9.17) is 28.9 Å². The SMILES string of the molecule is CCCc1c2nc(-c3cc(S(=O)(=O)N4CCN(CC)CC4)cnc3OC(C)COC)[nH]c(=O)c2nn1C.CCCc1c2nc(-c3cc(S(=O)(=O)N4CCN(CC)CC4)cnc3OC(C)COC)[nH]c(=O)c2nn1C. The molecule has 2 saturated heterocycles. The third kappa shape index (κ3) is 12.2. The van der Waals surface area contributed by atoms with Gasteiger partial charge in [-0.3, -0.25) is 19.0 Å². The zero-order chi connectivity index (χ0) is 53.5. The number of aryl methyl sites for hydroxylation is 4. The fourth-order valence-corrected chi connectivity index (χ4v) is 11.8. The Hall–Kier alpha value is -5.74. The summed E-state index contributed by atoms with van der Waals surface area (Å²) in [5, 5.41) is 8.67. The second-order valence-electron chi connectivity index (χ2n) is 18.4. The second-order valence-corrected chi connectivity index (χ2v) is 22.2. The van der Waals surface area contributed by atoms with Gasteiger partial charge in [0.05, 0.1) is 48.1 Å². The standard InChI is InChI=1S/2C24H35N7O5S/c2*1-6-8-19-20-21(28-29(19)4)23(32)27-22(26-20)18-13-17(14-25-24(18)36-16(3)15-35-5)37(33,34)31-11-9-30(7-2)10-12-31/h2*13-14,16H,6-12,15H2,1-5H3,(H,26,27,32). The number of hydrogen-bond acceptors (Lipinski definition) is 18. The predicted molar refractivity (Wildman–Crippen MR) is 278 cm³/mol. The molecule has 6 aromatic heterocycles. The first-order valence-electron chi connectivity index (χ1n) is 25.1. The van der Waals surface area contributed by atoms with Crippen LogP contribution in [0.1, 0.15) is 65.8 Å². The Morgan fingerprint density at radius 2 is 0.946 bits per heavy atom. The third-order valence-electron chi connectivity index (χ3n) is 13.0. The zero-order valence-electron chi connectivity index (χ0n) is 44.0. The average molecular weight is 1070 g/mol. The van der Waals surface area contributed by atoms with Crippen LogP contribution in [0.2, 0.25) is 0 Å². The molecule has 0 saturated carbocycles. The van der Waals surface area contributed by atoms with Crippen molar-refractivity contribution in [1.29, 1.82) is 0 Å². The van der Waals surface area contributed by atoms with Crippen molar-refractivity contribution < 1.29 is 35.8 Å². The summed E-state index contributed by atoms with van der Waals surface area (Å²) < 4.78 is 82.7. The van der Waals surface area contributed by atoms with Crippen molar-refractivity contribution in [1.82, 2.24) is 67.9 Å². The first kappa shape index (κ1) is 56.0. The maximum absolute atomic E-state index is 13.5. The van der Waals surface area contributed by atoms with E-state index in [1.165, 1.54) is 33.1 Å². The number of aromatic amines is 2. The lowest BCUT2D eigenvalue weighted by atomic mass is 10.2. The van der Waals surface area contributed by atoms with Gasteiger partial charge in [0.2, 0.25) is 31.8 Å². The van der Waals surface area contributed by atoms with Crippen LogP contribution in [0.3, 0.4) is 0 Å². The maximum Gasteiger partial charge on any atom is 0.279 e. The number of aromatic nitrogens is 10. The molecule has 2 aliphatic heterocycles. The van der Waals surface area contributed by atoms with E-state index >= 15 is 0 Å². The highest BCUT2D eigenvalue weighted by atomic mass is 32.2. The van der Waals surface area contributed by atoms with E-state index in [1.807, 2.05) is 27.7 Å². The van der Waals surface area contributed by atoms with Crippen LogP contribution in [0, 0.1) is 0 Å². The van der Waals surface area contributed by atoms with Gasteiger partial charge in [0.15, 0.2) is 11.0 Å². The molecule has 404 valence electrons. The number of nitrogens with zero attached hydrogens (tertiary/aromatic N) is 12. The number of hydrogen-bond donors (Lipinski definition) is 2. The van der Waals surface area contributed by atoms with Crippen molar-refractivity contribution in [3.8, 4) is 34.5 Å². The van der Waals surface area contributed by atoms with Gasteiger partial charge >= 0.3 is 0 Å². The predicted octanol–water partition coefficient (Wildman–Crippen LogP) is 2.82. The van der Waals surface area contributed by atoms with E-state index in [-0.39, 0.29) is 67.6 Å². The average Bonchev–Trinajstić information content (AvgIpc) is 3.89. The number of pyridine rings is 2. The molecule has 2 aliphatic rings. The zero-order valence-corrected chi connectivity index (χ0v) is 45.7. The second kappa shape index (κ2) is 24.3. The molecule has 6 aromatic rings. The van der Waals surface area contributed by atoms with Crippen molar-refractivity contribution in [2.45, 2.75) is 89.2 Å². The summed E-state index contributed by atoms with van der Waals surface area (Å²) in [5.74, 6) is 0.649. The van der Waals surface area contributed by atoms with Crippen molar-refractivity contribution in [2.24, 2.45) is 14.1 Å². The molecule has 0 spiro atoms. The van der Waals surface area contributed by atoms with Crippen molar-refractivity contribution in [2.75, 3.05) is 92.9 Å². The maximum atomic E-state index is 13.5. The molecule has 0 bridgehead atoms. The van der Waals surface area contributed by atoms with E-state index < -0.39 is 31.2 Å². The lowest BCUT2D eigenvalue weighted by Gasteiger charge is -2.33. The smallest absolute Gasteiger partial charge is 0.279 e. The lowest BCUT2D eigenvalue weighted by Crippen LogP contribution is -2.48. The van der Waals surface area contributed by atoms with Crippen LogP contribution in [-0.2, 0) is 56.5 Å². The summed E-state index contributed by atoms with van der Waals surface area (Å²) in [4.78, 5) is 54.1. The molecule has 0 radical (unpaired) electrons. The molecule has 2 fully saturated rings. The van der Waals surface area contributed by atoms with E-state index in [2.05, 4.69) is 53.8 Å². The van der Waals surface area contributed by atoms with Crippen molar-refractivity contribution in [3.63, 3.8) is 0 Å². The van der Waals surface area contributed by atoms with Crippen LogP contribution < -0.4 is 20.6 Å². The van der Waals surface area contributed by atoms with Gasteiger partial charge in [-0.05, 0) is 51.9 Å². The molecule has 26 heteroatoms. The minimum absolute atomic E-state index is 0.0157. The Kier molecular flexibility index (Phi) is 18.4. The number of H-pyrrole nitrogens is 2. The molecule has 0 amide bonds. The Bertz CT molecular complexity index is 3040. The minimum Gasteiger partial charge on any atom is -0.472 e. The number of rotatable bonds is 20. The number of piperazine rings is 2. The molecular formula is C48H70N14O10S2. The number of nitrogens with one attached hydrogen (secondary N) is 2. The third-order valence-corrected chi connectivity index (χ3v) is 16.7. The molecule has 24 nitrogen and oxygen atoms in total. The van der Waals surface area contributed by atoms with Crippen molar-refractivity contribution in [3.05, 3.63) is 56.6 Å². The van der Waals surface area contributed by atoms with E-state index in [1.54, 1.807) is 37.7 Å². The Labute approximate surface area is 431 Å². The number of methoxy groups -OCH3 is 2. The van der Waals surface area contributed by atoms with Gasteiger partial charge in [-0.2, -0.15) is 18.8 Å². The largest absolute Gasteiger partial charge is 0.472 e. The monoisotopic (exact) mass is 1070 g/mol. The van der Waals surface area contributed by atoms with E-state index in [0.29, 0.717) is 89.4 Å². The Morgan fingerprint density at radius 1 is 0.581 bits per heavy atom. The summed E-state index contributed by atoms with van der Waals surface area (Å²) in [7, 11) is -0.955. The normalized spacial score (nSPS) is 16.4. The molecule has 2 unspecified atom stereocenters. The van der Waals surface area contributed by atoms with Gasteiger partial charge in [-0.25, -0.2) is 36.8 Å². The molecule has 8 rings (SSSR count). The number of fused-ring (bicyclic) bond motifs is 2. The Balaban J connectivity index is 0.000000216. The number of sulfonamides is 2. The van der Waals surface area contributed by atoms with Gasteiger partial charge in [0.25, 0.3) is 11.1 Å². The molecule has 2 N–H and O–H groups in total. The molecule has 0 aromatic carbocycles. The lowest BCUT2D eigenvalue weighted by molar-refractivity contribution is 0.0892. The van der Waals surface area contributed by atoms with Crippen molar-refractivity contribution >= 4 is 42.1 Å². The highest BCUT2D eigenvalue weighted by Gasteiger charge is 2.32. The van der Waals surface area contributed by atoms with Crippen LogP contribution in [0.25, 0.3) is 44.8 Å². The van der Waals surface area contributed by atoms with Crippen LogP contribution in [0.15, 0.2) is 43.9 Å². The summed E-state index contributed by atoms with van der Waals surface area (Å²) in [6.45, 7) is 18.4. The van der Waals surface area contributed by atoms with Crippen LogP contribution in [-0.4, -0.2) is 190 Å². The van der Waals surface area contributed by atoms with Gasteiger partial charge < -0.3 is 38.7 Å². The Morgan fingerprint density at radius 3 is 1.27 bits per heavy atom. The van der Waals surface area contributed by atoms with Crippen LogP contribution in [0.4, 0.5) is 0 Å². The highest BCUT2D eigenvalue weighted by molar-refractivity contribution is 7.89. The quantitative estimate of drug-likeness (QED) is 0.111. The fourth-order valence-electron chi connectivity index (χ4n) is 9.00. The fraction of sp³-hybridized carbons (Fsp3) is 0.583. The van der Waals surface area contributed by atoms with Gasteiger partial charge in [0.1, 0.15) is 44.7 Å². The number of likely N-dealkylation sites (N-methyl/N-ethyl adjacent to an activating group) is 2.